The predicted octanol–water partition coefficient (Wildman–Crippen LogP) is 2.50. The lowest BCUT2D eigenvalue weighted by atomic mass is 10.0. The Morgan fingerprint density at radius 1 is 1.50 bits per heavy atom. The summed E-state index contributed by atoms with van der Waals surface area (Å²) in [5.74, 6) is 0. The van der Waals surface area contributed by atoms with E-state index in [-0.39, 0.29) is 0 Å². The van der Waals surface area contributed by atoms with Crippen molar-refractivity contribution >= 4 is 28.8 Å². The van der Waals surface area contributed by atoms with Crippen LogP contribution in [0.3, 0.4) is 0 Å². The SMILES string of the molecule is CN(C)C1CCCN(Cc2ccc(C(N)=S)cc2Cl)C1. The van der Waals surface area contributed by atoms with E-state index in [1.807, 2.05) is 18.2 Å². The van der Waals surface area contributed by atoms with Gasteiger partial charge >= 0.3 is 0 Å². The molecule has 1 unspecified atom stereocenters. The van der Waals surface area contributed by atoms with Gasteiger partial charge in [-0.3, -0.25) is 4.90 Å². The van der Waals surface area contributed by atoms with Gasteiger partial charge in [0.15, 0.2) is 0 Å². The van der Waals surface area contributed by atoms with E-state index < -0.39 is 0 Å². The van der Waals surface area contributed by atoms with E-state index in [1.54, 1.807) is 0 Å². The van der Waals surface area contributed by atoms with Crippen LogP contribution in [0.15, 0.2) is 18.2 Å². The molecular weight excluding hydrogens is 290 g/mol. The highest BCUT2D eigenvalue weighted by molar-refractivity contribution is 7.80. The predicted molar refractivity (Wildman–Crippen MR) is 89.3 cm³/mol. The van der Waals surface area contributed by atoms with Crippen LogP contribution in [-0.2, 0) is 6.54 Å². The van der Waals surface area contributed by atoms with E-state index in [0.29, 0.717) is 11.0 Å². The van der Waals surface area contributed by atoms with Crippen LogP contribution in [-0.4, -0.2) is 48.0 Å². The summed E-state index contributed by atoms with van der Waals surface area (Å²) in [6.45, 7) is 3.12. The Morgan fingerprint density at radius 2 is 2.25 bits per heavy atom. The average Bonchev–Trinajstić information content (AvgIpc) is 2.41. The van der Waals surface area contributed by atoms with Gasteiger partial charge in [0.25, 0.3) is 0 Å². The van der Waals surface area contributed by atoms with Crippen LogP contribution < -0.4 is 5.73 Å². The molecule has 0 amide bonds. The highest BCUT2D eigenvalue weighted by Crippen LogP contribution is 2.22. The molecule has 5 heteroatoms. The number of rotatable bonds is 4. The topological polar surface area (TPSA) is 32.5 Å². The van der Waals surface area contributed by atoms with Crippen molar-refractivity contribution in [1.82, 2.24) is 9.80 Å². The molecule has 1 aromatic rings. The number of hydrogen-bond donors (Lipinski definition) is 1. The van der Waals surface area contributed by atoms with E-state index in [9.17, 15) is 0 Å². The largest absolute Gasteiger partial charge is 0.389 e. The Kier molecular flexibility index (Phi) is 5.38. The lowest BCUT2D eigenvalue weighted by Crippen LogP contribution is -2.44. The summed E-state index contributed by atoms with van der Waals surface area (Å²) in [4.78, 5) is 5.17. The Hall–Kier alpha value is -0.680. The first kappa shape index (κ1) is 15.7. The van der Waals surface area contributed by atoms with Gasteiger partial charge in [-0.25, -0.2) is 0 Å². The van der Waals surface area contributed by atoms with Gasteiger partial charge in [-0.05, 0) is 45.1 Å². The fraction of sp³-hybridized carbons (Fsp3) is 0.533. The first-order valence-corrected chi connectivity index (χ1v) is 7.73. The van der Waals surface area contributed by atoms with E-state index >= 15 is 0 Å². The van der Waals surface area contributed by atoms with Crippen LogP contribution in [0.2, 0.25) is 5.02 Å². The minimum Gasteiger partial charge on any atom is -0.389 e. The van der Waals surface area contributed by atoms with Gasteiger partial charge in [-0.15, -0.1) is 0 Å². The lowest BCUT2D eigenvalue weighted by molar-refractivity contribution is 0.128. The Bertz CT molecular complexity index is 490. The van der Waals surface area contributed by atoms with Gasteiger partial charge in [-0.1, -0.05) is 36.0 Å². The van der Waals surface area contributed by atoms with Crippen LogP contribution in [0.4, 0.5) is 0 Å². The number of piperidine rings is 1. The average molecular weight is 312 g/mol. The third-order valence-corrected chi connectivity index (χ3v) is 4.53. The number of likely N-dealkylation sites (tertiary alicyclic amines) is 1. The van der Waals surface area contributed by atoms with Crippen LogP contribution in [0.25, 0.3) is 0 Å². The number of nitrogens with zero attached hydrogens (tertiary/aromatic N) is 2. The molecule has 110 valence electrons. The molecule has 1 atom stereocenters. The Labute approximate surface area is 131 Å². The molecule has 0 bridgehead atoms. The minimum atomic E-state index is 0.393. The highest BCUT2D eigenvalue weighted by Gasteiger charge is 2.21. The molecule has 1 fully saturated rings. The molecule has 3 nitrogen and oxygen atoms in total. The van der Waals surface area contributed by atoms with Gasteiger partial charge in [0, 0.05) is 29.7 Å². The summed E-state index contributed by atoms with van der Waals surface area (Å²) in [7, 11) is 4.30. The van der Waals surface area contributed by atoms with E-state index in [0.717, 1.165) is 35.8 Å². The normalized spacial score (nSPS) is 20.3. The number of benzene rings is 1. The van der Waals surface area contributed by atoms with Crippen molar-refractivity contribution in [3.63, 3.8) is 0 Å². The Balaban J connectivity index is 2.04. The van der Waals surface area contributed by atoms with Crippen LogP contribution in [0, 0.1) is 0 Å². The summed E-state index contributed by atoms with van der Waals surface area (Å²) in [6, 6.07) is 6.50. The molecule has 20 heavy (non-hydrogen) atoms. The van der Waals surface area contributed by atoms with E-state index in [1.165, 1.54) is 12.8 Å². The standard InChI is InChI=1S/C15H22ClN3S/c1-18(2)13-4-3-7-19(10-13)9-12-6-5-11(15(17)20)8-14(12)16/h5-6,8,13H,3-4,7,9-10H2,1-2H3,(H2,17,20). The summed E-state index contributed by atoms with van der Waals surface area (Å²) < 4.78 is 0. The van der Waals surface area contributed by atoms with Crippen molar-refractivity contribution in [3.05, 3.63) is 34.3 Å². The second-order valence-electron chi connectivity index (χ2n) is 5.67. The quantitative estimate of drug-likeness (QED) is 0.866. The third-order valence-electron chi connectivity index (χ3n) is 3.94. The summed E-state index contributed by atoms with van der Waals surface area (Å²) in [5, 5.41) is 0.752. The maximum atomic E-state index is 6.34. The zero-order chi connectivity index (χ0) is 14.7. The number of nitrogens with two attached hydrogens (primary N) is 1. The highest BCUT2D eigenvalue weighted by atomic mass is 35.5. The molecule has 2 rings (SSSR count). The molecule has 1 heterocycles. The molecule has 2 N–H and O–H groups in total. The number of likely N-dealkylation sites (N-methyl/N-ethyl adjacent to an activating group) is 1. The van der Waals surface area contributed by atoms with Crippen LogP contribution in [0.5, 0.6) is 0 Å². The van der Waals surface area contributed by atoms with Crippen LogP contribution in [0.1, 0.15) is 24.0 Å². The third kappa shape index (κ3) is 3.92. The molecule has 0 aliphatic carbocycles. The molecule has 1 aromatic carbocycles. The van der Waals surface area contributed by atoms with Gasteiger partial charge in [0.05, 0.1) is 0 Å². The van der Waals surface area contributed by atoms with Gasteiger partial charge < -0.3 is 10.6 Å². The second-order valence-corrected chi connectivity index (χ2v) is 6.51. The number of halogens is 1. The van der Waals surface area contributed by atoms with Gasteiger partial charge in [-0.2, -0.15) is 0 Å². The molecule has 0 aromatic heterocycles. The maximum absolute atomic E-state index is 6.34. The molecule has 1 saturated heterocycles. The minimum absolute atomic E-state index is 0.393. The van der Waals surface area contributed by atoms with Crippen molar-refractivity contribution in [2.75, 3.05) is 27.2 Å². The zero-order valence-corrected chi connectivity index (χ0v) is 13.7. The van der Waals surface area contributed by atoms with Crippen molar-refractivity contribution < 1.29 is 0 Å². The van der Waals surface area contributed by atoms with Crippen molar-refractivity contribution in [3.8, 4) is 0 Å². The molecular formula is C15H22ClN3S. The van der Waals surface area contributed by atoms with Crippen molar-refractivity contribution in [1.29, 1.82) is 0 Å². The molecule has 0 radical (unpaired) electrons. The number of hydrogen-bond acceptors (Lipinski definition) is 3. The molecule has 0 saturated carbocycles. The smallest absolute Gasteiger partial charge is 0.104 e. The molecule has 1 aliphatic heterocycles. The summed E-state index contributed by atoms with van der Waals surface area (Å²) in [5.41, 5.74) is 7.60. The van der Waals surface area contributed by atoms with E-state index in [4.69, 9.17) is 29.6 Å². The summed E-state index contributed by atoms with van der Waals surface area (Å²) >= 11 is 11.3. The fourth-order valence-electron chi connectivity index (χ4n) is 2.67. The summed E-state index contributed by atoms with van der Waals surface area (Å²) in [6.07, 6.45) is 2.52. The molecule has 0 spiro atoms. The zero-order valence-electron chi connectivity index (χ0n) is 12.1. The first-order valence-electron chi connectivity index (χ1n) is 6.94. The maximum Gasteiger partial charge on any atom is 0.104 e. The van der Waals surface area contributed by atoms with Crippen LogP contribution >= 0.6 is 23.8 Å². The number of thiocarbonyl (C=S) groups is 1. The fourth-order valence-corrected chi connectivity index (χ4v) is 3.03. The van der Waals surface area contributed by atoms with Crippen molar-refractivity contribution in [2.24, 2.45) is 5.73 Å². The van der Waals surface area contributed by atoms with Gasteiger partial charge in [0.2, 0.25) is 0 Å². The van der Waals surface area contributed by atoms with Gasteiger partial charge in [0.1, 0.15) is 4.99 Å². The monoisotopic (exact) mass is 311 g/mol. The first-order chi connectivity index (χ1) is 9.47. The Morgan fingerprint density at radius 3 is 2.85 bits per heavy atom. The lowest BCUT2D eigenvalue weighted by Gasteiger charge is -2.36. The molecule has 1 aliphatic rings. The van der Waals surface area contributed by atoms with Crippen molar-refractivity contribution in [2.45, 2.75) is 25.4 Å². The second kappa shape index (κ2) is 6.85. The van der Waals surface area contributed by atoms with E-state index in [2.05, 4.69) is 23.9 Å².